The van der Waals surface area contributed by atoms with Gasteiger partial charge in [-0.3, -0.25) is 0 Å². The van der Waals surface area contributed by atoms with Gasteiger partial charge in [0, 0.05) is 6.54 Å². The molecule has 0 amide bonds. The summed E-state index contributed by atoms with van der Waals surface area (Å²) in [6.07, 6.45) is 5.06. The fourth-order valence-electron chi connectivity index (χ4n) is 2.07. The molecule has 2 rings (SSSR count). The topological polar surface area (TPSA) is 12.0 Å². The smallest absolute Gasteiger partial charge is 0.0208 e. The van der Waals surface area contributed by atoms with Gasteiger partial charge in [0.1, 0.15) is 0 Å². The highest BCUT2D eigenvalue weighted by Gasteiger charge is 2.08. The molecule has 2 heteroatoms. The summed E-state index contributed by atoms with van der Waals surface area (Å²) in [6.45, 7) is 4.45. The molecule has 0 atom stereocenters. The highest BCUT2D eigenvalue weighted by Crippen LogP contribution is 2.17. The number of fused-ring (bicyclic) bond motifs is 1. The Labute approximate surface area is 98.7 Å². The zero-order valence-electron chi connectivity index (χ0n) is 9.38. The van der Waals surface area contributed by atoms with Crippen molar-refractivity contribution in [1.29, 1.82) is 0 Å². The van der Waals surface area contributed by atoms with Gasteiger partial charge in [-0.05, 0) is 42.5 Å². The van der Waals surface area contributed by atoms with E-state index < -0.39 is 0 Å². The van der Waals surface area contributed by atoms with Crippen LogP contribution in [-0.2, 0) is 19.4 Å². The van der Waals surface area contributed by atoms with Gasteiger partial charge in [0.05, 0.1) is 0 Å². The van der Waals surface area contributed by atoms with Crippen LogP contribution in [0.2, 0.25) is 0 Å². The van der Waals surface area contributed by atoms with Crippen molar-refractivity contribution in [2.24, 2.45) is 0 Å². The molecule has 15 heavy (non-hydrogen) atoms. The summed E-state index contributed by atoms with van der Waals surface area (Å²) in [5.41, 5.74) is 4.58. The maximum Gasteiger partial charge on any atom is 0.0208 e. The molecule has 0 unspecified atom stereocenters. The molecule has 0 radical (unpaired) electrons. The van der Waals surface area contributed by atoms with Crippen LogP contribution >= 0.6 is 12.4 Å². The molecule has 0 saturated carbocycles. The third-order valence-electron chi connectivity index (χ3n) is 2.98. The summed E-state index contributed by atoms with van der Waals surface area (Å²) >= 11 is 0. The first-order valence-electron chi connectivity index (χ1n) is 5.71. The number of hydrogen-bond donors (Lipinski definition) is 1. The van der Waals surface area contributed by atoms with Gasteiger partial charge in [0.2, 0.25) is 0 Å². The highest BCUT2D eigenvalue weighted by atomic mass is 35.5. The minimum Gasteiger partial charge on any atom is -0.312 e. The van der Waals surface area contributed by atoms with E-state index in [0.717, 1.165) is 13.1 Å². The summed E-state index contributed by atoms with van der Waals surface area (Å²) in [5, 5.41) is 3.40. The second-order valence-electron chi connectivity index (χ2n) is 4.13. The Morgan fingerprint density at radius 1 is 1.27 bits per heavy atom. The molecule has 1 aromatic carbocycles. The average Bonchev–Trinajstić information content (AvgIpc) is 2.26. The van der Waals surface area contributed by atoms with E-state index >= 15 is 0 Å². The van der Waals surface area contributed by atoms with E-state index in [1.807, 2.05) is 0 Å². The summed E-state index contributed by atoms with van der Waals surface area (Å²) in [6, 6.07) is 7.00. The van der Waals surface area contributed by atoms with Gasteiger partial charge in [-0.15, -0.1) is 12.4 Å². The van der Waals surface area contributed by atoms with Gasteiger partial charge in [0.25, 0.3) is 0 Å². The lowest BCUT2D eigenvalue weighted by atomic mass is 9.96. The molecule has 1 N–H and O–H groups in total. The van der Waals surface area contributed by atoms with E-state index in [1.165, 1.54) is 36.8 Å². The van der Waals surface area contributed by atoms with E-state index in [9.17, 15) is 0 Å². The van der Waals surface area contributed by atoms with Crippen molar-refractivity contribution < 1.29 is 0 Å². The molecule has 1 aliphatic rings. The first-order chi connectivity index (χ1) is 6.90. The molecule has 1 aliphatic heterocycles. The Hall–Kier alpha value is -0.530. The van der Waals surface area contributed by atoms with Gasteiger partial charge in [-0.1, -0.05) is 31.5 Å². The standard InChI is InChI=1S/C13H19N.ClH/c1-2-3-4-11-5-6-13-10-14-8-7-12(13)9-11;/h5-6,9,14H,2-4,7-8,10H2,1H3;1H. The lowest BCUT2D eigenvalue weighted by molar-refractivity contribution is 0.642. The van der Waals surface area contributed by atoms with Crippen LogP contribution in [0, 0.1) is 0 Å². The molecule has 84 valence electrons. The quantitative estimate of drug-likeness (QED) is 0.834. The van der Waals surface area contributed by atoms with Gasteiger partial charge >= 0.3 is 0 Å². The minimum atomic E-state index is 0. The lowest BCUT2D eigenvalue weighted by Gasteiger charge is -2.17. The molecule has 0 aromatic heterocycles. The lowest BCUT2D eigenvalue weighted by Crippen LogP contribution is -2.23. The summed E-state index contributed by atoms with van der Waals surface area (Å²) in [7, 11) is 0. The van der Waals surface area contributed by atoms with Crippen LogP contribution in [-0.4, -0.2) is 6.54 Å². The van der Waals surface area contributed by atoms with Crippen molar-refractivity contribution in [2.45, 2.75) is 39.2 Å². The fourth-order valence-corrected chi connectivity index (χ4v) is 2.07. The zero-order valence-corrected chi connectivity index (χ0v) is 10.2. The Morgan fingerprint density at radius 3 is 2.93 bits per heavy atom. The van der Waals surface area contributed by atoms with E-state index in [4.69, 9.17) is 0 Å². The molecule has 1 aromatic rings. The molecular weight excluding hydrogens is 206 g/mol. The number of unbranched alkanes of at least 4 members (excludes halogenated alkanes) is 1. The van der Waals surface area contributed by atoms with Gasteiger partial charge in [-0.25, -0.2) is 0 Å². The third kappa shape index (κ3) is 3.22. The summed E-state index contributed by atoms with van der Waals surface area (Å²) in [5.74, 6) is 0. The third-order valence-corrected chi connectivity index (χ3v) is 2.98. The maximum absolute atomic E-state index is 3.40. The van der Waals surface area contributed by atoms with E-state index in [2.05, 4.69) is 30.4 Å². The number of halogens is 1. The van der Waals surface area contributed by atoms with Gasteiger partial charge in [0.15, 0.2) is 0 Å². The predicted molar refractivity (Wildman–Crippen MR) is 67.7 cm³/mol. The zero-order chi connectivity index (χ0) is 9.80. The molecule has 0 fully saturated rings. The van der Waals surface area contributed by atoms with E-state index in [1.54, 1.807) is 5.56 Å². The highest BCUT2D eigenvalue weighted by molar-refractivity contribution is 5.85. The summed E-state index contributed by atoms with van der Waals surface area (Å²) < 4.78 is 0. The monoisotopic (exact) mass is 225 g/mol. The number of nitrogens with one attached hydrogen (secondary N) is 1. The van der Waals surface area contributed by atoms with Crippen molar-refractivity contribution in [3.8, 4) is 0 Å². The maximum atomic E-state index is 3.40. The van der Waals surface area contributed by atoms with Crippen LogP contribution in [0.25, 0.3) is 0 Å². The first kappa shape index (κ1) is 12.5. The Kier molecular flexibility index (Phi) is 5.13. The number of hydrogen-bond acceptors (Lipinski definition) is 1. The SMILES string of the molecule is CCCCc1ccc2c(c1)CCNC2.Cl. The fraction of sp³-hybridized carbons (Fsp3) is 0.538. The van der Waals surface area contributed by atoms with E-state index in [0.29, 0.717) is 0 Å². The van der Waals surface area contributed by atoms with E-state index in [-0.39, 0.29) is 12.4 Å². The van der Waals surface area contributed by atoms with Gasteiger partial charge in [-0.2, -0.15) is 0 Å². The predicted octanol–water partition coefficient (Wildman–Crippen LogP) is 3.10. The van der Waals surface area contributed by atoms with Crippen molar-refractivity contribution in [2.75, 3.05) is 6.54 Å². The van der Waals surface area contributed by atoms with Crippen molar-refractivity contribution >= 4 is 12.4 Å². The number of aryl methyl sites for hydroxylation is 1. The Balaban J connectivity index is 0.00000112. The molecule has 0 spiro atoms. The molecule has 1 nitrogen and oxygen atoms in total. The molecule has 0 aliphatic carbocycles. The van der Waals surface area contributed by atoms with Crippen LogP contribution in [0.15, 0.2) is 18.2 Å². The van der Waals surface area contributed by atoms with Crippen molar-refractivity contribution in [3.63, 3.8) is 0 Å². The molecular formula is C13H20ClN. The second-order valence-corrected chi connectivity index (χ2v) is 4.13. The largest absolute Gasteiger partial charge is 0.312 e. The molecule has 1 heterocycles. The van der Waals surface area contributed by atoms with Crippen molar-refractivity contribution in [1.82, 2.24) is 5.32 Å². The van der Waals surface area contributed by atoms with Crippen molar-refractivity contribution in [3.05, 3.63) is 34.9 Å². The van der Waals surface area contributed by atoms with Crippen LogP contribution in [0.4, 0.5) is 0 Å². The normalized spacial score (nSPS) is 14.2. The second kappa shape index (κ2) is 6.14. The Bertz CT molecular complexity index is 309. The Morgan fingerprint density at radius 2 is 2.13 bits per heavy atom. The molecule has 0 saturated heterocycles. The molecule has 0 bridgehead atoms. The average molecular weight is 226 g/mol. The summed E-state index contributed by atoms with van der Waals surface area (Å²) in [4.78, 5) is 0. The first-order valence-corrected chi connectivity index (χ1v) is 5.71. The van der Waals surface area contributed by atoms with Crippen LogP contribution < -0.4 is 5.32 Å². The van der Waals surface area contributed by atoms with Gasteiger partial charge < -0.3 is 5.32 Å². The number of rotatable bonds is 3. The van der Waals surface area contributed by atoms with Crippen LogP contribution in [0.1, 0.15) is 36.5 Å². The van der Waals surface area contributed by atoms with Crippen LogP contribution in [0.3, 0.4) is 0 Å². The minimum absolute atomic E-state index is 0. The van der Waals surface area contributed by atoms with Crippen LogP contribution in [0.5, 0.6) is 0 Å². The number of benzene rings is 1.